The summed E-state index contributed by atoms with van der Waals surface area (Å²) in [5, 5.41) is 0. The Hall–Kier alpha value is -1.37. The van der Waals surface area contributed by atoms with E-state index in [4.69, 9.17) is 5.84 Å². The lowest BCUT2D eigenvalue weighted by molar-refractivity contribution is 0.530. The average Bonchev–Trinajstić information content (AvgIpc) is 2.38. The fourth-order valence-corrected chi connectivity index (χ4v) is 1.89. The van der Waals surface area contributed by atoms with E-state index < -0.39 is 0 Å². The fourth-order valence-electron chi connectivity index (χ4n) is 1.65. The van der Waals surface area contributed by atoms with Crippen molar-refractivity contribution in [2.75, 3.05) is 0 Å². The summed E-state index contributed by atoms with van der Waals surface area (Å²) >= 11 is 3.36. The van der Waals surface area contributed by atoms with E-state index in [9.17, 15) is 0 Å². The second-order valence-electron chi connectivity index (χ2n) is 3.92. The molecule has 2 rings (SSSR count). The van der Waals surface area contributed by atoms with E-state index in [0.29, 0.717) is 6.42 Å². The minimum atomic E-state index is -0.0691. The number of aromatic nitrogens is 3. The van der Waals surface area contributed by atoms with Crippen LogP contribution in [0.5, 0.6) is 0 Å². The van der Waals surface area contributed by atoms with E-state index in [2.05, 4.69) is 36.3 Å². The Morgan fingerprint density at radius 1 is 1.33 bits per heavy atom. The summed E-state index contributed by atoms with van der Waals surface area (Å²) in [5.74, 6) is 6.32. The second kappa shape index (κ2) is 5.99. The van der Waals surface area contributed by atoms with Gasteiger partial charge < -0.3 is 0 Å². The Labute approximate surface area is 114 Å². The van der Waals surface area contributed by atoms with Crippen molar-refractivity contribution in [1.82, 2.24) is 20.4 Å². The molecule has 0 aromatic carbocycles. The van der Waals surface area contributed by atoms with Gasteiger partial charge in [-0.1, -0.05) is 0 Å². The number of aryl methyl sites for hydroxylation is 1. The molecular weight excluding hydrogens is 294 g/mol. The molecule has 0 spiro atoms. The molecule has 18 heavy (non-hydrogen) atoms. The highest BCUT2D eigenvalue weighted by Gasteiger charge is 2.13. The van der Waals surface area contributed by atoms with Gasteiger partial charge in [-0.2, -0.15) is 0 Å². The van der Waals surface area contributed by atoms with E-state index in [-0.39, 0.29) is 6.04 Å². The maximum Gasteiger partial charge on any atom is 0.125 e. The molecule has 2 aromatic rings. The van der Waals surface area contributed by atoms with Gasteiger partial charge in [0.05, 0.1) is 11.7 Å². The summed E-state index contributed by atoms with van der Waals surface area (Å²) in [7, 11) is 0. The van der Waals surface area contributed by atoms with Gasteiger partial charge in [-0.25, -0.2) is 9.97 Å². The van der Waals surface area contributed by atoms with Crippen LogP contribution in [0.1, 0.15) is 23.3 Å². The Morgan fingerprint density at radius 2 is 2.17 bits per heavy atom. The Bertz CT molecular complexity index is 514. The van der Waals surface area contributed by atoms with Gasteiger partial charge in [-0.3, -0.25) is 16.3 Å². The van der Waals surface area contributed by atoms with Crippen LogP contribution in [-0.2, 0) is 6.42 Å². The average molecular weight is 308 g/mol. The molecular formula is C12H14BrN5. The van der Waals surface area contributed by atoms with Gasteiger partial charge >= 0.3 is 0 Å². The zero-order valence-corrected chi connectivity index (χ0v) is 11.6. The molecule has 94 valence electrons. The number of nitrogens with zero attached hydrogens (tertiary/aromatic N) is 3. The zero-order valence-electron chi connectivity index (χ0n) is 9.97. The lowest BCUT2D eigenvalue weighted by Gasteiger charge is -2.15. The van der Waals surface area contributed by atoms with Crippen molar-refractivity contribution in [1.29, 1.82) is 0 Å². The highest BCUT2D eigenvalue weighted by atomic mass is 79.9. The number of nitrogens with two attached hydrogens (primary N) is 1. The fraction of sp³-hybridized carbons (Fsp3) is 0.250. The molecule has 0 aliphatic rings. The second-order valence-corrected chi connectivity index (χ2v) is 4.84. The number of pyridine rings is 1. The molecule has 2 heterocycles. The van der Waals surface area contributed by atoms with E-state index in [1.165, 1.54) is 0 Å². The standard InChI is InChI=1S/C12H14BrN5/c1-8-15-5-4-11(17-8)12(18-14)6-10-3-2-9(13)7-16-10/h2-5,7,12,18H,6,14H2,1H3. The van der Waals surface area contributed by atoms with Crippen molar-refractivity contribution in [3.63, 3.8) is 0 Å². The molecule has 1 atom stereocenters. The lowest BCUT2D eigenvalue weighted by atomic mass is 10.1. The van der Waals surface area contributed by atoms with Gasteiger partial charge in [0.15, 0.2) is 0 Å². The smallest absolute Gasteiger partial charge is 0.125 e. The first-order chi connectivity index (χ1) is 8.69. The molecule has 0 aliphatic heterocycles. The summed E-state index contributed by atoms with van der Waals surface area (Å²) < 4.78 is 0.960. The third kappa shape index (κ3) is 3.32. The van der Waals surface area contributed by atoms with E-state index in [0.717, 1.165) is 21.7 Å². The number of hydrazine groups is 1. The first kappa shape index (κ1) is 13.1. The Balaban J connectivity index is 2.17. The third-order valence-electron chi connectivity index (χ3n) is 2.56. The van der Waals surface area contributed by atoms with Crippen LogP contribution in [0.4, 0.5) is 0 Å². The van der Waals surface area contributed by atoms with Gasteiger partial charge in [0.2, 0.25) is 0 Å². The highest BCUT2D eigenvalue weighted by molar-refractivity contribution is 9.10. The van der Waals surface area contributed by atoms with Gasteiger partial charge in [-0.05, 0) is 41.1 Å². The Kier molecular flexibility index (Phi) is 4.35. The molecule has 0 fully saturated rings. The highest BCUT2D eigenvalue weighted by Crippen LogP contribution is 2.15. The number of hydrogen-bond acceptors (Lipinski definition) is 5. The first-order valence-corrected chi connectivity index (χ1v) is 6.34. The molecule has 3 N–H and O–H groups in total. The van der Waals surface area contributed by atoms with E-state index >= 15 is 0 Å². The van der Waals surface area contributed by atoms with Crippen LogP contribution in [0.2, 0.25) is 0 Å². The van der Waals surface area contributed by atoms with Crippen molar-refractivity contribution >= 4 is 15.9 Å². The molecule has 0 saturated heterocycles. The van der Waals surface area contributed by atoms with Gasteiger partial charge in [0, 0.05) is 29.0 Å². The van der Waals surface area contributed by atoms with Crippen molar-refractivity contribution in [3.8, 4) is 0 Å². The molecule has 0 aliphatic carbocycles. The van der Waals surface area contributed by atoms with Crippen molar-refractivity contribution < 1.29 is 0 Å². The SMILES string of the molecule is Cc1nccc(C(Cc2ccc(Br)cn2)NN)n1. The zero-order chi connectivity index (χ0) is 13.0. The summed E-state index contributed by atoms with van der Waals surface area (Å²) in [4.78, 5) is 12.8. The predicted molar refractivity (Wildman–Crippen MR) is 72.5 cm³/mol. The summed E-state index contributed by atoms with van der Waals surface area (Å²) in [5.41, 5.74) is 4.59. The van der Waals surface area contributed by atoms with Gasteiger partial charge in [-0.15, -0.1) is 0 Å². The van der Waals surface area contributed by atoms with Crippen LogP contribution in [0.15, 0.2) is 35.1 Å². The van der Waals surface area contributed by atoms with Crippen molar-refractivity contribution in [2.24, 2.45) is 5.84 Å². The molecule has 5 nitrogen and oxygen atoms in total. The summed E-state index contributed by atoms with van der Waals surface area (Å²) in [6, 6.07) is 5.71. The third-order valence-corrected chi connectivity index (χ3v) is 3.03. The van der Waals surface area contributed by atoms with E-state index in [1.807, 2.05) is 25.1 Å². The van der Waals surface area contributed by atoms with Crippen molar-refractivity contribution in [2.45, 2.75) is 19.4 Å². The normalized spacial score (nSPS) is 12.4. The number of hydrogen-bond donors (Lipinski definition) is 2. The van der Waals surface area contributed by atoms with Crippen LogP contribution >= 0.6 is 15.9 Å². The Morgan fingerprint density at radius 3 is 2.78 bits per heavy atom. The van der Waals surface area contributed by atoms with Crippen LogP contribution in [0.3, 0.4) is 0 Å². The molecule has 2 aromatic heterocycles. The van der Waals surface area contributed by atoms with Crippen LogP contribution < -0.4 is 11.3 Å². The maximum absolute atomic E-state index is 5.59. The molecule has 6 heteroatoms. The molecule has 0 bridgehead atoms. The monoisotopic (exact) mass is 307 g/mol. The molecule has 0 amide bonds. The minimum Gasteiger partial charge on any atom is -0.271 e. The van der Waals surface area contributed by atoms with E-state index in [1.54, 1.807) is 12.4 Å². The molecule has 0 saturated carbocycles. The topological polar surface area (TPSA) is 76.7 Å². The lowest BCUT2D eigenvalue weighted by Crippen LogP contribution is -2.30. The largest absolute Gasteiger partial charge is 0.271 e. The number of rotatable bonds is 4. The van der Waals surface area contributed by atoms with Crippen LogP contribution in [-0.4, -0.2) is 15.0 Å². The van der Waals surface area contributed by atoms with Crippen LogP contribution in [0, 0.1) is 6.92 Å². The summed E-state index contributed by atoms with van der Waals surface area (Å²) in [6.07, 6.45) is 4.19. The van der Waals surface area contributed by atoms with Gasteiger partial charge in [0.1, 0.15) is 5.82 Å². The van der Waals surface area contributed by atoms with Gasteiger partial charge in [0.25, 0.3) is 0 Å². The predicted octanol–water partition coefficient (Wildman–Crippen LogP) is 1.69. The molecule has 0 radical (unpaired) electrons. The van der Waals surface area contributed by atoms with Crippen molar-refractivity contribution in [3.05, 3.63) is 52.3 Å². The van der Waals surface area contributed by atoms with Crippen LogP contribution in [0.25, 0.3) is 0 Å². The number of nitrogens with one attached hydrogen (secondary N) is 1. The first-order valence-electron chi connectivity index (χ1n) is 5.55. The number of halogens is 1. The maximum atomic E-state index is 5.59. The summed E-state index contributed by atoms with van der Waals surface area (Å²) in [6.45, 7) is 1.86. The quantitative estimate of drug-likeness (QED) is 0.664. The molecule has 1 unspecified atom stereocenters. The minimum absolute atomic E-state index is 0.0691.